The molecule has 2 aromatic heterocycles. The molecule has 40 heavy (non-hydrogen) atoms. The van der Waals surface area contributed by atoms with Gasteiger partial charge in [0.2, 0.25) is 0 Å². The van der Waals surface area contributed by atoms with E-state index in [0.717, 1.165) is 59.3 Å². The zero-order valence-corrected chi connectivity index (χ0v) is 24.5. The number of aliphatic hydroxyl groups is 1. The van der Waals surface area contributed by atoms with Gasteiger partial charge in [0.05, 0.1) is 23.3 Å². The van der Waals surface area contributed by atoms with Crippen molar-refractivity contribution >= 4 is 11.8 Å². The van der Waals surface area contributed by atoms with Gasteiger partial charge in [0.25, 0.3) is 0 Å². The number of pyridine rings is 1. The summed E-state index contributed by atoms with van der Waals surface area (Å²) >= 11 is 1.79. The molecule has 1 unspecified atom stereocenters. The van der Waals surface area contributed by atoms with Gasteiger partial charge in [-0.2, -0.15) is 0 Å². The predicted octanol–water partition coefficient (Wildman–Crippen LogP) is 6.31. The van der Waals surface area contributed by atoms with Gasteiger partial charge in [-0.3, -0.25) is 9.55 Å². The van der Waals surface area contributed by atoms with Gasteiger partial charge < -0.3 is 19.3 Å². The Kier molecular flexibility index (Phi) is 9.48. The lowest BCUT2D eigenvalue weighted by atomic mass is 10.0. The van der Waals surface area contributed by atoms with Gasteiger partial charge in [-0.15, -0.1) is 0 Å². The molecular formula is C32H39N3O4S. The number of thioether (sulfide) groups is 1. The topological polar surface area (TPSA) is 78.6 Å². The Morgan fingerprint density at radius 3 is 2.67 bits per heavy atom. The highest BCUT2D eigenvalue weighted by Gasteiger charge is 2.31. The second-order valence-corrected chi connectivity index (χ2v) is 12.3. The van der Waals surface area contributed by atoms with E-state index in [1.807, 2.05) is 43.5 Å². The Balaban J connectivity index is 1.34. The second-order valence-electron chi connectivity index (χ2n) is 11.0. The summed E-state index contributed by atoms with van der Waals surface area (Å²) in [6, 6.07) is 9.85. The van der Waals surface area contributed by atoms with Crippen LogP contribution < -0.4 is 4.74 Å². The van der Waals surface area contributed by atoms with Crippen molar-refractivity contribution in [3.8, 4) is 23.3 Å². The SMILES string of the molecule is Cc1cc(OCc2c(C(C)(C)O)nc(SC3CCCC3)n2-c2cccnc2)ccc1C#CCOC1CCCCO1. The summed E-state index contributed by atoms with van der Waals surface area (Å²) in [5.74, 6) is 7.05. The first kappa shape index (κ1) is 28.7. The highest BCUT2D eigenvalue weighted by molar-refractivity contribution is 7.99. The summed E-state index contributed by atoms with van der Waals surface area (Å²) < 4.78 is 19.8. The normalized spacial score (nSPS) is 17.9. The summed E-state index contributed by atoms with van der Waals surface area (Å²) in [5, 5.41) is 12.5. The van der Waals surface area contributed by atoms with E-state index in [-0.39, 0.29) is 12.9 Å². The second kappa shape index (κ2) is 13.2. The molecule has 1 saturated heterocycles. The Morgan fingerprint density at radius 1 is 1.15 bits per heavy atom. The molecular weight excluding hydrogens is 522 g/mol. The van der Waals surface area contributed by atoms with Crippen molar-refractivity contribution in [2.24, 2.45) is 0 Å². The number of aryl methyl sites for hydroxylation is 1. The molecule has 1 N–H and O–H groups in total. The van der Waals surface area contributed by atoms with Gasteiger partial charge in [0.15, 0.2) is 11.4 Å². The maximum absolute atomic E-state index is 11.1. The van der Waals surface area contributed by atoms with Crippen molar-refractivity contribution in [3.63, 3.8) is 0 Å². The molecule has 0 radical (unpaired) electrons. The number of ether oxygens (including phenoxy) is 3. The molecule has 3 aromatic rings. The molecule has 1 aliphatic heterocycles. The van der Waals surface area contributed by atoms with Crippen molar-refractivity contribution in [1.29, 1.82) is 0 Å². The zero-order chi connectivity index (χ0) is 28.0. The fourth-order valence-electron chi connectivity index (χ4n) is 5.17. The monoisotopic (exact) mass is 561 g/mol. The third-order valence-corrected chi connectivity index (χ3v) is 8.57. The van der Waals surface area contributed by atoms with Crippen molar-refractivity contribution in [2.45, 2.75) is 94.6 Å². The first-order chi connectivity index (χ1) is 19.4. The van der Waals surface area contributed by atoms with Crippen molar-refractivity contribution in [2.75, 3.05) is 13.2 Å². The van der Waals surface area contributed by atoms with Crippen LogP contribution in [-0.2, 0) is 21.7 Å². The van der Waals surface area contributed by atoms with Crippen LogP contribution in [0, 0.1) is 18.8 Å². The first-order valence-electron chi connectivity index (χ1n) is 14.3. The molecule has 8 heteroatoms. The van der Waals surface area contributed by atoms with Crippen LogP contribution in [0.4, 0.5) is 0 Å². The van der Waals surface area contributed by atoms with Crippen LogP contribution in [0.25, 0.3) is 5.69 Å². The van der Waals surface area contributed by atoms with E-state index in [2.05, 4.69) is 21.4 Å². The van der Waals surface area contributed by atoms with Gasteiger partial charge in [0, 0.05) is 23.6 Å². The number of aromatic nitrogens is 3. The van der Waals surface area contributed by atoms with Gasteiger partial charge in [-0.05, 0) is 88.8 Å². The number of benzene rings is 1. The van der Waals surface area contributed by atoms with E-state index in [1.165, 1.54) is 25.7 Å². The molecule has 2 aliphatic rings. The highest BCUT2D eigenvalue weighted by atomic mass is 32.2. The summed E-state index contributed by atoms with van der Waals surface area (Å²) in [5.41, 5.74) is 3.19. The summed E-state index contributed by atoms with van der Waals surface area (Å²) in [6.45, 7) is 6.95. The molecule has 1 aliphatic carbocycles. The third-order valence-electron chi connectivity index (χ3n) is 7.28. The molecule has 0 amide bonds. The predicted molar refractivity (Wildman–Crippen MR) is 157 cm³/mol. The van der Waals surface area contributed by atoms with Gasteiger partial charge in [0.1, 0.15) is 24.6 Å². The van der Waals surface area contributed by atoms with Crippen LogP contribution in [0.1, 0.15) is 81.3 Å². The number of nitrogens with zero attached hydrogens (tertiary/aromatic N) is 3. The maximum atomic E-state index is 11.1. The molecule has 1 aromatic carbocycles. The fraction of sp³-hybridized carbons (Fsp3) is 0.500. The van der Waals surface area contributed by atoms with E-state index in [1.54, 1.807) is 31.8 Å². The molecule has 1 saturated carbocycles. The standard InChI is InChI=1S/C32H39N3O4S/c1-23-20-26(16-15-24(23)10-9-19-38-29-14-6-7-18-37-29)39-22-28-30(32(2,3)36)34-31(40-27-12-4-5-13-27)35(28)25-11-8-17-33-21-25/h8,11,15-17,20-21,27,29,36H,4-7,12-14,18-19,22H2,1-3H3. The van der Waals surface area contributed by atoms with Crippen molar-refractivity contribution in [1.82, 2.24) is 14.5 Å². The maximum Gasteiger partial charge on any atom is 0.173 e. The van der Waals surface area contributed by atoms with E-state index in [9.17, 15) is 5.11 Å². The van der Waals surface area contributed by atoms with Crippen LogP contribution in [0.5, 0.6) is 5.75 Å². The minimum Gasteiger partial charge on any atom is -0.487 e. The van der Waals surface area contributed by atoms with Crippen molar-refractivity contribution < 1.29 is 19.3 Å². The van der Waals surface area contributed by atoms with Crippen LogP contribution in [0.2, 0.25) is 0 Å². The molecule has 1 atom stereocenters. The molecule has 212 valence electrons. The van der Waals surface area contributed by atoms with Crippen LogP contribution in [0.3, 0.4) is 0 Å². The van der Waals surface area contributed by atoms with E-state index in [4.69, 9.17) is 19.2 Å². The minimum atomic E-state index is -1.13. The lowest BCUT2D eigenvalue weighted by Gasteiger charge is -2.21. The minimum absolute atomic E-state index is 0.133. The summed E-state index contributed by atoms with van der Waals surface area (Å²) in [6.07, 6.45) is 11.5. The number of hydrogen-bond acceptors (Lipinski definition) is 7. The van der Waals surface area contributed by atoms with Gasteiger partial charge in [-0.1, -0.05) is 36.4 Å². The smallest absolute Gasteiger partial charge is 0.173 e. The number of hydrogen-bond donors (Lipinski definition) is 1. The van der Waals surface area contributed by atoms with Crippen LogP contribution in [0.15, 0.2) is 47.9 Å². The lowest BCUT2D eigenvalue weighted by Crippen LogP contribution is -2.22. The van der Waals surface area contributed by atoms with E-state index >= 15 is 0 Å². The van der Waals surface area contributed by atoms with Gasteiger partial charge >= 0.3 is 0 Å². The quantitative estimate of drug-likeness (QED) is 0.307. The molecule has 2 fully saturated rings. The third kappa shape index (κ3) is 7.27. The average Bonchev–Trinajstić information content (AvgIpc) is 3.60. The Hall–Kier alpha value is -2.83. The number of imidazole rings is 1. The molecule has 0 bridgehead atoms. The molecule has 7 nitrogen and oxygen atoms in total. The zero-order valence-electron chi connectivity index (χ0n) is 23.7. The molecule has 5 rings (SSSR count). The fourth-order valence-corrected chi connectivity index (χ4v) is 6.50. The van der Waals surface area contributed by atoms with Crippen LogP contribution >= 0.6 is 11.8 Å². The van der Waals surface area contributed by atoms with Gasteiger partial charge in [-0.25, -0.2) is 4.98 Å². The Morgan fingerprint density at radius 2 is 1.98 bits per heavy atom. The lowest BCUT2D eigenvalue weighted by molar-refractivity contribution is -0.154. The Labute approximate surface area is 241 Å². The van der Waals surface area contributed by atoms with Crippen molar-refractivity contribution in [3.05, 3.63) is 65.2 Å². The average molecular weight is 562 g/mol. The Bertz CT molecular complexity index is 1330. The summed E-state index contributed by atoms with van der Waals surface area (Å²) in [7, 11) is 0. The van der Waals surface area contributed by atoms with E-state index in [0.29, 0.717) is 17.6 Å². The number of rotatable bonds is 9. The largest absolute Gasteiger partial charge is 0.487 e. The first-order valence-corrected chi connectivity index (χ1v) is 15.1. The van der Waals surface area contributed by atoms with Crippen LogP contribution in [-0.4, -0.2) is 44.4 Å². The highest BCUT2D eigenvalue weighted by Crippen LogP contribution is 2.38. The summed E-state index contributed by atoms with van der Waals surface area (Å²) in [4.78, 5) is 9.32. The molecule has 3 heterocycles. The van der Waals surface area contributed by atoms with E-state index < -0.39 is 5.60 Å². The molecule has 0 spiro atoms.